The summed E-state index contributed by atoms with van der Waals surface area (Å²) in [5.41, 5.74) is 9.01. The van der Waals surface area contributed by atoms with Crippen molar-refractivity contribution in [3.63, 3.8) is 0 Å². The number of hydrogen-bond donors (Lipinski definition) is 2. The van der Waals surface area contributed by atoms with Crippen LogP contribution in [0.5, 0.6) is 5.75 Å². The molecule has 1 aromatic carbocycles. The Balaban J connectivity index is 2.63. The fourth-order valence-electron chi connectivity index (χ4n) is 1.96. The van der Waals surface area contributed by atoms with Gasteiger partial charge in [-0.15, -0.1) is 0 Å². The standard InChI is InChI=1S/C12H16N2O/c1-8-7-10-11(14-8)4-3-9(5-6-13)12(10)15-2/h3-4,7,14H,5-6,13H2,1-2H3. The molecule has 0 atom stereocenters. The first-order chi connectivity index (χ1) is 7.26. The Morgan fingerprint density at radius 2 is 2.20 bits per heavy atom. The van der Waals surface area contributed by atoms with E-state index in [1.807, 2.05) is 6.92 Å². The van der Waals surface area contributed by atoms with Gasteiger partial charge >= 0.3 is 0 Å². The predicted molar refractivity (Wildman–Crippen MR) is 62.3 cm³/mol. The quantitative estimate of drug-likeness (QED) is 0.803. The van der Waals surface area contributed by atoms with Crippen LogP contribution in [0.2, 0.25) is 0 Å². The van der Waals surface area contributed by atoms with Gasteiger partial charge in [-0.1, -0.05) is 6.07 Å². The van der Waals surface area contributed by atoms with Gasteiger partial charge in [-0.3, -0.25) is 0 Å². The zero-order valence-corrected chi connectivity index (χ0v) is 9.13. The Bertz CT molecular complexity index is 474. The van der Waals surface area contributed by atoms with Gasteiger partial charge in [-0.05, 0) is 37.6 Å². The summed E-state index contributed by atoms with van der Waals surface area (Å²) < 4.78 is 5.45. The molecule has 0 aliphatic heterocycles. The lowest BCUT2D eigenvalue weighted by Crippen LogP contribution is -2.04. The minimum atomic E-state index is 0.644. The van der Waals surface area contributed by atoms with Crippen molar-refractivity contribution < 1.29 is 4.74 Å². The molecule has 2 aromatic rings. The highest BCUT2D eigenvalue weighted by Gasteiger charge is 2.09. The van der Waals surface area contributed by atoms with Crippen molar-refractivity contribution in [2.24, 2.45) is 5.73 Å². The first-order valence-electron chi connectivity index (χ1n) is 5.11. The van der Waals surface area contributed by atoms with E-state index >= 15 is 0 Å². The molecule has 80 valence electrons. The second kappa shape index (κ2) is 3.95. The topological polar surface area (TPSA) is 51.0 Å². The van der Waals surface area contributed by atoms with E-state index in [0.29, 0.717) is 6.54 Å². The van der Waals surface area contributed by atoms with E-state index in [1.54, 1.807) is 7.11 Å². The van der Waals surface area contributed by atoms with E-state index in [2.05, 4.69) is 23.2 Å². The van der Waals surface area contributed by atoms with Crippen LogP contribution >= 0.6 is 0 Å². The third-order valence-corrected chi connectivity index (χ3v) is 2.59. The van der Waals surface area contributed by atoms with E-state index in [4.69, 9.17) is 10.5 Å². The number of nitrogens with one attached hydrogen (secondary N) is 1. The lowest BCUT2D eigenvalue weighted by Gasteiger charge is -2.08. The number of rotatable bonds is 3. The van der Waals surface area contributed by atoms with E-state index in [1.165, 1.54) is 5.56 Å². The molecule has 0 amide bonds. The summed E-state index contributed by atoms with van der Waals surface area (Å²) in [5, 5.41) is 1.14. The number of aromatic amines is 1. The molecule has 1 heterocycles. The fourth-order valence-corrected chi connectivity index (χ4v) is 1.96. The van der Waals surface area contributed by atoms with Crippen molar-refractivity contribution in [3.8, 4) is 5.75 Å². The molecule has 3 heteroatoms. The highest BCUT2D eigenvalue weighted by molar-refractivity contribution is 5.88. The van der Waals surface area contributed by atoms with Gasteiger partial charge in [-0.2, -0.15) is 0 Å². The minimum absolute atomic E-state index is 0.644. The van der Waals surface area contributed by atoms with E-state index in [-0.39, 0.29) is 0 Å². The largest absolute Gasteiger partial charge is 0.496 e. The Kier molecular flexibility index (Phi) is 2.64. The molecule has 1 aromatic heterocycles. The van der Waals surface area contributed by atoms with Gasteiger partial charge in [0.2, 0.25) is 0 Å². The van der Waals surface area contributed by atoms with E-state index < -0.39 is 0 Å². The molecule has 0 fully saturated rings. The van der Waals surface area contributed by atoms with Gasteiger partial charge in [-0.25, -0.2) is 0 Å². The Hall–Kier alpha value is -1.48. The number of hydrogen-bond acceptors (Lipinski definition) is 2. The molecule has 0 aliphatic carbocycles. The van der Waals surface area contributed by atoms with E-state index in [0.717, 1.165) is 28.8 Å². The second-order valence-corrected chi connectivity index (χ2v) is 3.71. The van der Waals surface area contributed by atoms with Crippen molar-refractivity contribution in [1.29, 1.82) is 0 Å². The van der Waals surface area contributed by atoms with Crippen LogP contribution in [0.25, 0.3) is 10.9 Å². The molecule has 0 spiro atoms. The Morgan fingerprint density at radius 3 is 2.87 bits per heavy atom. The molecule has 0 saturated carbocycles. The summed E-state index contributed by atoms with van der Waals surface area (Å²) >= 11 is 0. The first-order valence-corrected chi connectivity index (χ1v) is 5.11. The molecule has 0 radical (unpaired) electrons. The van der Waals surface area contributed by atoms with Crippen LogP contribution < -0.4 is 10.5 Å². The molecule has 3 N–H and O–H groups in total. The molecule has 3 nitrogen and oxygen atoms in total. The maximum atomic E-state index is 5.57. The van der Waals surface area contributed by atoms with Gasteiger partial charge < -0.3 is 15.5 Å². The minimum Gasteiger partial charge on any atom is -0.496 e. The maximum Gasteiger partial charge on any atom is 0.131 e. The fraction of sp³-hybridized carbons (Fsp3) is 0.333. The summed E-state index contributed by atoms with van der Waals surface area (Å²) in [6.07, 6.45) is 0.851. The number of benzene rings is 1. The zero-order chi connectivity index (χ0) is 10.8. The van der Waals surface area contributed by atoms with Gasteiger partial charge in [0, 0.05) is 16.6 Å². The van der Waals surface area contributed by atoms with Crippen molar-refractivity contribution in [1.82, 2.24) is 4.98 Å². The van der Waals surface area contributed by atoms with Crippen molar-refractivity contribution >= 4 is 10.9 Å². The zero-order valence-electron chi connectivity index (χ0n) is 9.13. The van der Waals surface area contributed by atoms with Crippen LogP contribution in [0.1, 0.15) is 11.3 Å². The summed E-state index contributed by atoms with van der Waals surface area (Å²) in [5.74, 6) is 0.947. The summed E-state index contributed by atoms with van der Waals surface area (Å²) in [6, 6.07) is 6.26. The van der Waals surface area contributed by atoms with Crippen LogP contribution in [-0.4, -0.2) is 18.6 Å². The van der Waals surface area contributed by atoms with Gasteiger partial charge in [0.25, 0.3) is 0 Å². The van der Waals surface area contributed by atoms with Crippen LogP contribution in [0, 0.1) is 6.92 Å². The van der Waals surface area contributed by atoms with Crippen LogP contribution in [0.3, 0.4) is 0 Å². The SMILES string of the molecule is COc1c(CCN)ccc2[nH]c(C)cc12. The third-order valence-electron chi connectivity index (χ3n) is 2.59. The van der Waals surface area contributed by atoms with E-state index in [9.17, 15) is 0 Å². The average molecular weight is 204 g/mol. The third kappa shape index (κ3) is 1.70. The summed E-state index contributed by atoms with van der Waals surface area (Å²) in [4.78, 5) is 3.29. The number of fused-ring (bicyclic) bond motifs is 1. The van der Waals surface area contributed by atoms with Crippen molar-refractivity contribution in [2.45, 2.75) is 13.3 Å². The van der Waals surface area contributed by atoms with Gasteiger partial charge in [0.1, 0.15) is 5.75 Å². The molecule has 0 saturated heterocycles. The molecule has 0 unspecified atom stereocenters. The molecular weight excluding hydrogens is 188 g/mol. The van der Waals surface area contributed by atoms with Gasteiger partial charge in [0.15, 0.2) is 0 Å². The Morgan fingerprint density at radius 1 is 1.40 bits per heavy atom. The average Bonchev–Trinajstić information content (AvgIpc) is 2.58. The number of aromatic nitrogens is 1. The lowest BCUT2D eigenvalue weighted by atomic mass is 10.1. The first kappa shape index (κ1) is 10.1. The summed E-state index contributed by atoms with van der Waals surface area (Å²) in [7, 11) is 1.71. The number of ether oxygens (including phenoxy) is 1. The Labute approximate surface area is 89.2 Å². The van der Waals surface area contributed by atoms with Crippen molar-refractivity contribution in [2.75, 3.05) is 13.7 Å². The predicted octanol–water partition coefficient (Wildman–Crippen LogP) is 1.99. The highest BCUT2D eigenvalue weighted by Crippen LogP contribution is 2.30. The van der Waals surface area contributed by atoms with Gasteiger partial charge in [0.05, 0.1) is 7.11 Å². The lowest BCUT2D eigenvalue weighted by molar-refractivity contribution is 0.415. The second-order valence-electron chi connectivity index (χ2n) is 3.71. The molecule has 0 aliphatic rings. The smallest absolute Gasteiger partial charge is 0.131 e. The number of H-pyrrole nitrogens is 1. The molecule has 0 bridgehead atoms. The molecular formula is C12H16N2O. The number of aryl methyl sites for hydroxylation is 1. The van der Waals surface area contributed by atoms with Crippen LogP contribution in [-0.2, 0) is 6.42 Å². The monoisotopic (exact) mass is 204 g/mol. The summed E-state index contributed by atoms with van der Waals surface area (Å²) in [6.45, 7) is 2.69. The maximum absolute atomic E-state index is 5.57. The molecule has 15 heavy (non-hydrogen) atoms. The van der Waals surface area contributed by atoms with Crippen LogP contribution in [0.4, 0.5) is 0 Å². The number of methoxy groups -OCH3 is 1. The highest BCUT2D eigenvalue weighted by atomic mass is 16.5. The molecule has 2 rings (SSSR count). The van der Waals surface area contributed by atoms with Crippen molar-refractivity contribution in [3.05, 3.63) is 29.5 Å². The normalized spacial score (nSPS) is 10.9. The van der Waals surface area contributed by atoms with Crippen LogP contribution in [0.15, 0.2) is 18.2 Å². The number of nitrogens with two attached hydrogens (primary N) is 1.